The van der Waals surface area contributed by atoms with Crippen molar-refractivity contribution < 1.29 is 0 Å². The van der Waals surface area contributed by atoms with Gasteiger partial charge in [0.15, 0.2) is 6.08 Å². The Morgan fingerprint density at radius 1 is 0.680 bits per heavy atom. The van der Waals surface area contributed by atoms with E-state index in [1.807, 2.05) is 17.8 Å². The molecule has 1 unspecified atom stereocenters. The molecule has 0 amide bonds. The molecule has 4 rings (SSSR count). The molecule has 0 bridgehead atoms. The molecule has 0 heterocycles. The van der Waals surface area contributed by atoms with E-state index < -0.39 is 0 Å². The molecule has 25 heavy (non-hydrogen) atoms. The first-order valence-electron chi connectivity index (χ1n) is 8.82. The van der Waals surface area contributed by atoms with Crippen LogP contribution in [0.4, 0.5) is 0 Å². The van der Waals surface area contributed by atoms with Crippen LogP contribution >= 0.6 is 11.8 Å². The molecule has 1 atom stereocenters. The van der Waals surface area contributed by atoms with E-state index in [4.69, 9.17) is 0 Å². The standard InChI is InChI=1S/C24H21S/c1-2-6-19(5-1)17-21-9-13-23(14-10-21)25-24-15-11-22(12-16-24)18-20-7-3-4-8-20/h1-7,9-16,19-20H,17-18H2/q+1. The summed E-state index contributed by atoms with van der Waals surface area (Å²) in [5.41, 5.74) is 2.77. The van der Waals surface area contributed by atoms with Crippen molar-refractivity contribution in [3.63, 3.8) is 0 Å². The maximum absolute atomic E-state index is 3.34. The van der Waals surface area contributed by atoms with Crippen LogP contribution in [0.25, 0.3) is 0 Å². The zero-order valence-corrected chi connectivity index (χ0v) is 15.0. The van der Waals surface area contributed by atoms with Crippen LogP contribution in [-0.4, -0.2) is 0 Å². The first-order chi connectivity index (χ1) is 12.3. The highest BCUT2D eigenvalue weighted by Gasteiger charge is 2.14. The van der Waals surface area contributed by atoms with Crippen LogP contribution in [0.5, 0.6) is 0 Å². The van der Waals surface area contributed by atoms with Gasteiger partial charge in [0, 0.05) is 22.3 Å². The molecular formula is C24H21S+. The minimum Gasteiger partial charge on any atom is -0.0901 e. The van der Waals surface area contributed by atoms with Gasteiger partial charge in [-0.1, -0.05) is 60.3 Å². The van der Waals surface area contributed by atoms with Crippen LogP contribution in [-0.2, 0) is 12.8 Å². The molecule has 2 aliphatic carbocycles. The number of rotatable bonds is 6. The molecule has 0 spiro atoms. The molecule has 0 radical (unpaired) electrons. The Labute approximate surface area is 154 Å². The first kappa shape index (κ1) is 16.1. The highest BCUT2D eigenvalue weighted by Crippen LogP contribution is 2.29. The summed E-state index contributed by atoms with van der Waals surface area (Å²) in [6, 6.07) is 17.9. The van der Waals surface area contributed by atoms with E-state index in [9.17, 15) is 0 Å². The lowest BCUT2D eigenvalue weighted by molar-refractivity contribution is 0.795. The molecule has 0 nitrogen and oxygen atoms in total. The zero-order valence-electron chi connectivity index (χ0n) is 14.1. The normalized spacial score (nSPS) is 18.2. The molecule has 122 valence electrons. The molecule has 0 saturated carbocycles. The van der Waals surface area contributed by atoms with Gasteiger partial charge >= 0.3 is 0 Å². The Morgan fingerprint density at radius 2 is 1.28 bits per heavy atom. The lowest BCUT2D eigenvalue weighted by atomic mass is 10.0. The van der Waals surface area contributed by atoms with Gasteiger partial charge in [-0.2, -0.15) is 0 Å². The smallest absolute Gasteiger partial charge is 0.0901 e. The molecule has 0 aromatic heterocycles. The number of allylic oxidation sites excluding steroid dienone is 8. The first-order valence-corrected chi connectivity index (χ1v) is 9.64. The van der Waals surface area contributed by atoms with Crippen molar-refractivity contribution in [1.82, 2.24) is 0 Å². The van der Waals surface area contributed by atoms with Crippen molar-refractivity contribution in [1.29, 1.82) is 0 Å². The second-order valence-electron chi connectivity index (χ2n) is 6.56. The second-order valence-corrected chi connectivity index (χ2v) is 7.70. The average molecular weight is 341 g/mol. The predicted molar refractivity (Wildman–Crippen MR) is 107 cm³/mol. The van der Waals surface area contributed by atoms with Gasteiger partial charge in [0.1, 0.15) is 5.92 Å². The van der Waals surface area contributed by atoms with Gasteiger partial charge in [-0.25, -0.2) is 0 Å². The van der Waals surface area contributed by atoms with Gasteiger partial charge in [-0.3, -0.25) is 0 Å². The third-order valence-electron chi connectivity index (χ3n) is 4.59. The predicted octanol–water partition coefficient (Wildman–Crippen LogP) is 6.21. The van der Waals surface area contributed by atoms with E-state index in [1.54, 1.807) is 0 Å². The maximum Gasteiger partial charge on any atom is 0.155 e. The van der Waals surface area contributed by atoms with Crippen LogP contribution in [0.3, 0.4) is 0 Å². The molecule has 1 heteroatoms. The largest absolute Gasteiger partial charge is 0.155 e. The fourth-order valence-electron chi connectivity index (χ4n) is 3.21. The Hall–Kier alpha value is -2.34. The van der Waals surface area contributed by atoms with E-state index in [0.717, 1.165) is 12.8 Å². The van der Waals surface area contributed by atoms with E-state index >= 15 is 0 Å². The summed E-state index contributed by atoms with van der Waals surface area (Å²) in [6.07, 6.45) is 20.6. The third-order valence-corrected chi connectivity index (χ3v) is 5.60. The van der Waals surface area contributed by atoms with Crippen molar-refractivity contribution in [3.8, 4) is 0 Å². The molecule has 0 N–H and O–H groups in total. The van der Waals surface area contributed by atoms with Crippen LogP contribution in [0.2, 0.25) is 0 Å². The molecule has 2 aromatic rings. The minimum absolute atomic E-state index is 0.440. The highest BCUT2D eigenvalue weighted by atomic mass is 32.2. The van der Waals surface area contributed by atoms with Crippen molar-refractivity contribution in [2.75, 3.05) is 0 Å². The fraction of sp³-hybridized carbons (Fsp3) is 0.167. The van der Waals surface area contributed by atoms with Crippen LogP contribution in [0, 0.1) is 17.9 Å². The molecule has 0 fully saturated rings. The summed E-state index contributed by atoms with van der Waals surface area (Å²) < 4.78 is 0. The van der Waals surface area contributed by atoms with Crippen LogP contribution < -0.4 is 0 Å². The van der Waals surface area contributed by atoms with Crippen LogP contribution in [0.1, 0.15) is 11.1 Å². The van der Waals surface area contributed by atoms with Crippen molar-refractivity contribution in [3.05, 3.63) is 108 Å². The van der Waals surface area contributed by atoms with Crippen molar-refractivity contribution in [2.45, 2.75) is 22.6 Å². The van der Waals surface area contributed by atoms with E-state index in [1.165, 1.54) is 20.9 Å². The summed E-state index contributed by atoms with van der Waals surface area (Å²) >= 11 is 1.83. The van der Waals surface area contributed by atoms with Crippen LogP contribution in [0.15, 0.2) is 101 Å². The summed E-state index contributed by atoms with van der Waals surface area (Å²) in [6.45, 7) is 0. The van der Waals surface area contributed by atoms with E-state index in [2.05, 4.69) is 91.1 Å². The van der Waals surface area contributed by atoms with Gasteiger partial charge in [0.2, 0.25) is 0 Å². The van der Waals surface area contributed by atoms with Crippen molar-refractivity contribution in [2.24, 2.45) is 11.8 Å². The van der Waals surface area contributed by atoms with E-state index in [0.29, 0.717) is 11.8 Å². The fourth-order valence-corrected chi connectivity index (χ4v) is 4.03. The maximum atomic E-state index is 3.34. The van der Waals surface area contributed by atoms with E-state index in [-0.39, 0.29) is 0 Å². The third kappa shape index (κ3) is 4.39. The van der Waals surface area contributed by atoms with Gasteiger partial charge in [0.25, 0.3) is 0 Å². The Kier molecular flexibility index (Phi) is 4.97. The quantitative estimate of drug-likeness (QED) is 0.563. The van der Waals surface area contributed by atoms with Gasteiger partial charge < -0.3 is 0 Å². The second kappa shape index (κ2) is 7.70. The zero-order chi connectivity index (χ0) is 16.9. The molecule has 2 aliphatic rings. The lowest BCUT2D eigenvalue weighted by Gasteiger charge is -2.08. The number of benzene rings is 2. The molecule has 2 aromatic carbocycles. The topological polar surface area (TPSA) is 0 Å². The Bertz CT molecular complexity index is 724. The minimum atomic E-state index is 0.440. The average Bonchev–Trinajstić information content (AvgIpc) is 3.33. The summed E-state index contributed by atoms with van der Waals surface area (Å²) in [5.74, 6) is 1.00. The van der Waals surface area contributed by atoms with Gasteiger partial charge in [0.05, 0.1) is 12.2 Å². The van der Waals surface area contributed by atoms with Crippen molar-refractivity contribution >= 4 is 11.8 Å². The Morgan fingerprint density at radius 3 is 1.84 bits per heavy atom. The number of hydrogen-bond donors (Lipinski definition) is 0. The van der Waals surface area contributed by atoms with Gasteiger partial charge in [-0.05, 0) is 47.7 Å². The monoisotopic (exact) mass is 341 g/mol. The summed E-state index contributed by atoms with van der Waals surface area (Å²) in [5, 5.41) is 0. The highest BCUT2D eigenvalue weighted by molar-refractivity contribution is 7.99. The SMILES string of the molecule is [C+]1=CC=CC1Cc1ccc(Sc2ccc(CC3C=CC=C3)cc2)cc1. The summed E-state index contributed by atoms with van der Waals surface area (Å²) in [4.78, 5) is 2.59. The Balaban J connectivity index is 1.34. The summed E-state index contributed by atoms with van der Waals surface area (Å²) in [7, 11) is 0. The molecule has 0 aliphatic heterocycles. The van der Waals surface area contributed by atoms with Gasteiger partial charge in [-0.15, -0.1) is 0 Å². The lowest BCUT2D eigenvalue weighted by Crippen LogP contribution is -1.96. The molecule has 0 saturated heterocycles. The number of hydrogen-bond acceptors (Lipinski definition) is 1. The molecular weight excluding hydrogens is 320 g/mol.